The van der Waals surface area contributed by atoms with Gasteiger partial charge in [-0.1, -0.05) is 41.4 Å². The van der Waals surface area contributed by atoms with Gasteiger partial charge in [0.15, 0.2) is 0 Å². The first-order valence-electron chi connectivity index (χ1n) is 6.20. The number of aryl methyl sites for hydroxylation is 2. The maximum Gasteiger partial charge on any atom is 0.129 e. The molecule has 0 amide bonds. The van der Waals surface area contributed by atoms with Crippen LogP contribution in [0.5, 0.6) is 0 Å². The van der Waals surface area contributed by atoms with Crippen LogP contribution in [0.25, 0.3) is 11.1 Å². The van der Waals surface area contributed by atoms with Crippen molar-refractivity contribution in [2.45, 2.75) is 26.2 Å². The molecule has 0 spiro atoms. The van der Waals surface area contributed by atoms with Gasteiger partial charge in [0.1, 0.15) is 5.82 Å². The molecular weight excluding hydrogens is 290 g/mol. The summed E-state index contributed by atoms with van der Waals surface area (Å²) in [6, 6.07) is 8.20. The molecule has 96 valence electrons. The van der Waals surface area contributed by atoms with Crippen LogP contribution in [0.2, 0.25) is 0 Å². The molecule has 1 aromatic carbocycles. The molecule has 2 aromatic rings. The molecule has 0 aliphatic carbocycles. The molecule has 2 rings (SSSR count). The second-order valence-corrected chi connectivity index (χ2v) is 5.36. The van der Waals surface area contributed by atoms with Gasteiger partial charge in [-0.3, -0.25) is 4.68 Å². The molecule has 2 N–H and O–H groups in total. The predicted octanol–water partition coefficient (Wildman–Crippen LogP) is 3.77. The van der Waals surface area contributed by atoms with Crippen molar-refractivity contribution in [2.75, 3.05) is 5.73 Å². The highest BCUT2D eigenvalue weighted by molar-refractivity contribution is 9.10. The number of anilines is 1. The Hall–Kier alpha value is -1.29. The van der Waals surface area contributed by atoms with Gasteiger partial charge < -0.3 is 5.73 Å². The Labute approximate surface area is 116 Å². The third-order valence-electron chi connectivity index (χ3n) is 3.04. The maximum atomic E-state index is 6.14. The molecule has 0 aliphatic rings. The molecule has 1 heterocycles. The normalized spacial score (nSPS) is 10.8. The molecule has 18 heavy (non-hydrogen) atoms. The van der Waals surface area contributed by atoms with Crippen LogP contribution < -0.4 is 5.73 Å². The van der Waals surface area contributed by atoms with Crippen molar-refractivity contribution in [1.82, 2.24) is 9.78 Å². The Morgan fingerprint density at radius 2 is 2.17 bits per heavy atom. The topological polar surface area (TPSA) is 43.8 Å². The Kier molecular flexibility index (Phi) is 4.07. The summed E-state index contributed by atoms with van der Waals surface area (Å²) < 4.78 is 2.83. The monoisotopic (exact) mass is 307 g/mol. The van der Waals surface area contributed by atoms with Crippen molar-refractivity contribution in [3.8, 4) is 11.1 Å². The van der Waals surface area contributed by atoms with Crippen LogP contribution >= 0.6 is 15.9 Å². The summed E-state index contributed by atoms with van der Waals surface area (Å²) in [4.78, 5) is 0. The number of benzene rings is 1. The number of aromatic nitrogens is 2. The van der Waals surface area contributed by atoms with Gasteiger partial charge in [-0.05, 0) is 30.5 Å². The van der Waals surface area contributed by atoms with E-state index < -0.39 is 0 Å². The van der Waals surface area contributed by atoms with Gasteiger partial charge in [0, 0.05) is 17.1 Å². The van der Waals surface area contributed by atoms with Crippen molar-refractivity contribution in [2.24, 2.45) is 7.05 Å². The SMILES string of the molecule is CCCCc1nn(C)c(N)c1-c1cccc(Br)c1. The van der Waals surface area contributed by atoms with Crippen LogP contribution in [0.1, 0.15) is 25.5 Å². The fraction of sp³-hybridized carbons (Fsp3) is 0.357. The number of unbranched alkanes of at least 4 members (excludes halogenated alkanes) is 1. The predicted molar refractivity (Wildman–Crippen MR) is 79.4 cm³/mol. The largest absolute Gasteiger partial charge is 0.383 e. The Morgan fingerprint density at radius 3 is 2.83 bits per heavy atom. The summed E-state index contributed by atoms with van der Waals surface area (Å²) >= 11 is 3.50. The molecule has 0 saturated heterocycles. The van der Waals surface area contributed by atoms with E-state index in [0.717, 1.165) is 46.4 Å². The lowest BCUT2D eigenvalue weighted by Gasteiger charge is -2.04. The summed E-state index contributed by atoms with van der Waals surface area (Å²) in [5, 5.41) is 4.53. The lowest BCUT2D eigenvalue weighted by molar-refractivity contribution is 0.718. The van der Waals surface area contributed by atoms with E-state index in [9.17, 15) is 0 Å². The highest BCUT2D eigenvalue weighted by atomic mass is 79.9. The zero-order valence-electron chi connectivity index (χ0n) is 10.8. The van der Waals surface area contributed by atoms with E-state index in [1.807, 2.05) is 19.2 Å². The smallest absolute Gasteiger partial charge is 0.129 e. The third kappa shape index (κ3) is 2.58. The number of nitrogens with zero attached hydrogens (tertiary/aromatic N) is 2. The molecule has 3 nitrogen and oxygen atoms in total. The lowest BCUT2D eigenvalue weighted by atomic mass is 10.0. The van der Waals surface area contributed by atoms with E-state index in [1.165, 1.54) is 0 Å². The Balaban J connectivity index is 2.48. The quantitative estimate of drug-likeness (QED) is 0.934. The van der Waals surface area contributed by atoms with Crippen LogP contribution in [-0.4, -0.2) is 9.78 Å². The number of hydrogen-bond acceptors (Lipinski definition) is 2. The average molecular weight is 308 g/mol. The third-order valence-corrected chi connectivity index (χ3v) is 3.54. The zero-order valence-corrected chi connectivity index (χ0v) is 12.4. The molecule has 0 atom stereocenters. The van der Waals surface area contributed by atoms with Crippen molar-refractivity contribution < 1.29 is 0 Å². The Morgan fingerprint density at radius 1 is 1.39 bits per heavy atom. The fourth-order valence-corrected chi connectivity index (χ4v) is 2.47. The van der Waals surface area contributed by atoms with Crippen molar-refractivity contribution in [1.29, 1.82) is 0 Å². The van der Waals surface area contributed by atoms with E-state index in [1.54, 1.807) is 4.68 Å². The number of hydrogen-bond donors (Lipinski definition) is 1. The first-order chi connectivity index (χ1) is 8.63. The summed E-state index contributed by atoms with van der Waals surface area (Å²) in [7, 11) is 1.90. The van der Waals surface area contributed by atoms with Crippen LogP contribution in [0, 0.1) is 0 Å². The molecule has 0 radical (unpaired) electrons. The van der Waals surface area contributed by atoms with Gasteiger partial charge in [-0.2, -0.15) is 5.10 Å². The van der Waals surface area contributed by atoms with E-state index in [4.69, 9.17) is 5.73 Å². The average Bonchev–Trinajstić information content (AvgIpc) is 2.62. The van der Waals surface area contributed by atoms with Gasteiger partial charge >= 0.3 is 0 Å². The fourth-order valence-electron chi connectivity index (χ4n) is 2.07. The van der Waals surface area contributed by atoms with E-state index in [-0.39, 0.29) is 0 Å². The zero-order chi connectivity index (χ0) is 13.1. The van der Waals surface area contributed by atoms with Crippen LogP contribution in [0.3, 0.4) is 0 Å². The number of nitrogen functional groups attached to an aromatic ring is 1. The summed E-state index contributed by atoms with van der Waals surface area (Å²) in [5.74, 6) is 0.735. The molecular formula is C14H18BrN3. The minimum absolute atomic E-state index is 0.735. The van der Waals surface area contributed by atoms with E-state index in [2.05, 4.69) is 40.1 Å². The molecule has 0 aliphatic heterocycles. The van der Waals surface area contributed by atoms with Crippen LogP contribution in [0.4, 0.5) is 5.82 Å². The van der Waals surface area contributed by atoms with Crippen molar-refractivity contribution in [3.05, 3.63) is 34.4 Å². The lowest BCUT2D eigenvalue weighted by Crippen LogP contribution is -1.98. The first-order valence-corrected chi connectivity index (χ1v) is 7.00. The number of rotatable bonds is 4. The Bertz CT molecular complexity index is 546. The minimum Gasteiger partial charge on any atom is -0.383 e. The first kappa shape index (κ1) is 13.1. The molecule has 0 saturated carbocycles. The molecule has 0 unspecified atom stereocenters. The highest BCUT2D eigenvalue weighted by Crippen LogP contribution is 2.31. The van der Waals surface area contributed by atoms with Crippen molar-refractivity contribution >= 4 is 21.7 Å². The van der Waals surface area contributed by atoms with Gasteiger partial charge in [0.05, 0.1) is 5.69 Å². The highest BCUT2D eigenvalue weighted by Gasteiger charge is 2.15. The van der Waals surface area contributed by atoms with Gasteiger partial charge in [-0.25, -0.2) is 0 Å². The van der Waals surface area contributed by atoms with E-state index in [0.29, 0.717) is 0 Å². The summed E-state index contributed by atoms with van der Waals surface area (Å²) in [5.41, 5.74) is 9.44. The van der Waals surface area contributed by atoms with Crippen LogP contribution in [0.15, 0.2) is 28.7 Å². The summed E-state index contributed by atoms with van der Waals surface area (Å²) in [6.07, 6.45) is 3.27. The second kappa shape index (κ2) is 5.57. The number of nitrogens with two attached hydrogens (primary N) is 1. The van der Waals surface area contributed by atoms with Gasteiger partial charge in [0.2, 0.25) is 0 Å². The summed E-state index contributed by atoms with van der Waals surface area (Å²) in [6.45, 7) is 2.19. The number of halogens is 1. The molecule has 4 heteroatoms. The minimum atomic E-state index is 0.735. The second-order valence-electron chi connectivity index (χ2n) is 4.44. The molecule has 0 bridgehead atoms. The molecule has 1 aromatic heterocycles. The maximum absolute atomic E-state index is 6.14. The van der Waals surface area contributed by atoms with Gasteiger partial charge in [-0.15, -0.1) is 0 Å². The van der Waals surface area contributed by atoms with Gasteiger partial charge in [0.25, 0.3) is 0 Å². The van der Waals surface area contributed by atoms with Crippen LogP contribution in [-0.2, 0) is 13.5 Å². The van der Waals surface area contributed by atoms with Crippen molar-refractivity contribution in [3.63, 3.8) is 0 Å². The molecule has 0 fully saturated rings. The standard InChI is InChI=1S/C14H18BrN3/c1-3-4-8-12-13(14(16)18(2)17-12)10-6-5-7-11(15)9-10/h5-7,9H,3-4,8,16H2,1-2H3. The van der Waals surface area contributed by atoms with E-state index >= 15 is 0 Å².